The third-order valence-electron chi connectivity index (χ3n) is 4.15. The second kappa shape index (κ2) is 5.27. The summed E-state index contributed by atoms with van der Waals surface area (Å²) < 4.78 is 0. The first-order valence-electron chi connectivity index (χ1n) is 6.80. The van der Waals surface area contributed by atoms with Gasteiger partial charge in [-0.3, -0.25) is 9.88 Å². The molecule has 1 N–H and O–H groups in total. The molecule has 3 nitrogen and oxygen atoms in total. The second-order valence-corrected chi connectivity index (χ2v) is 6.32. The van der Waals surface area contributed by atoms with Crippen LogP contribution in [0.2, 0.25) is 0 Å². The maximum absolute atomic E-state index is 9.22. The zero-order valence-corrected chi connectivity index (χ0v) is 11.7. The summed E-state index contributed by atoms with van der Waals surface area (Å²) in [7, 11) is 2.18. The molecule has 0 aromatic carbocycles. The zero-order chi connectivity index (χ0) is 13.2. The summed E-state index contributed by atoms with van der Waals surface area (Å²) in [5.74, 6) is 0.237. The van der Waals surface area contributed by atoms with E-state index < -0.39 is 0 Å². The minimum absolute atomic E-state index is 0.237. The fraction of sp³-hybridized carbons (Fsp3) is 0.667. The van der Waals surface area contributed by atoms with Gasteiger partial charge in [-0.1, -0.05) is 13.8 Å². The van der Waals surface area contributed by atoms with Gasteiger partial charge in [-0.25, -0.2) is 0 Å². The van der Waals surface area contributed by atoms with Crippen molar-refractivity contribution in [3.05, 3.63) is 24.0 Å². The van der Waals surface area contributed by atoms with Crippen LogP contribution in [-0.4, -0.2) is 28.1 Å². The molecule has 1 aromatic rings. The standard InChI is InChI=1S/C15H24N2O/c1-15(2)8-6-13(7-9-15)17(3)11-12-4-5-14(18)10-16-12/h4-5,10,13,18H,6-9,11H2,1-3H3. The van der Waals surface area contributed by atoms with Gasteiger partial charge in [0.1, 0.15) is 5.75 Å². The molecule has 0 spiro atoms. The molecule has 0 unspecified atom stereocenters. The van der Waals surface area contributed by atoms with Crippen molar-refractivity contribution in [2.75, 3.05) is 7.05 Å². The van der Waals surface area contributed by atoms with E-state index in [0.29, 0.717) is 11.5 Å². The number of hydrogen-bond donors (Lipinski definition) is 1. The van der Waals surface area contributed by atoms with Gasteiger partial charge in [0, 0.05) is 12.6 Å². The largest absolute Gasteiger partial charge is 0.506 e. The molecule has 2 rings (SSSR count). The maximum atomic E-state index is 9.22. The Labute approximate surface area is 110 Å². The Hall–Kier alpha value is -1.09. The lowest BCUT2D eigenvalue weighted by atomic mass is 9.75. The van der Waals surface area contributed by atoms with Crippen LogP contribution in [0.15, 0.2) is 18.3 Å². The van der Waals surface area contributed by atoms with Gasteiger partial charge in [0.05, 0.1) is 11.9 Å². The summed E-state index contributed by atoms with van der Waals surface area (Å²) in [5, 5.41) is 9.22. The highest BCUT2D eigenvalue weighted by Gasteiger charge is 2.28. The normalized spacial score (nSPS) is 20.2. The van der Waals surface area contributed by atoms with Crippen LogP contribution in [0.1, 0.15) is 45.2 Å². The zero-order valence-electron chi connectivity index (χ0n) is 11.7. The Balaban J connectivity index is 1.89. The van der Waals surface area contributed by atoms with E-state index in [1.54, 1.807) is 6.07 Å². The van der Waals surface area contributed by atoms with Gasteiger partial charge in [0.2, 0.25) is 0 Å². The van der Waals surface area contributed by atoms with E-state index >= 15 is 0 Å². The Kier molecular flexibility index (Phi) is 3.91. The summed E-state index contributed by atoms with van der Waals surface area (Å²) in [5.41, 5.74) is 1.55. The average molecular weight is 248 g/mol. The fourth-order valence-corrected chi connectivity index (χ4v) is 2.72. The molecule has 0 saturated heterocycles. The quantitative estimate of drug-likeness (QED) is 0.892. The summed E-state index contributed by atoms with van der Waals surface area (Å²) in [6, 6.07) is 4.28. The predicted molar refractivity (Wildman–Crippen MR) is 73.4 cm³/mol. The molecule has 0 bridgehead atoms. The lowest BCUT2D eigenvalue weighted by molar-refractivity contribution is 0.122. The van der Waals surface area contributed by atoms with Crippen LogP contribution in [0.4, 0.5) is 0 Å². The monoisotopic (exact) mass is 248 g/mol. The van der Waals surface area contributed by atoms with Crippen LogP contribution >= 0.6 is 0 Å². The van der Waals surface area contributed by atoms with E-state index in [4.69, 9.17) is 0 Å². The molecule has 100 valence electrons. The Morgan fingerprint density at radius 3 is 2.56 bits per heavy atom. The molecular weight excluding hydrogens is 224 g/mol. The third kappa shape index (κ3) is 3.45. The number of nitrogens with zero attached hydrogens (tertiary/aromatic N) is 2. The van der Waals surface area contributed by atoms with Crippen LogP contribution in [0, 0.1) is 5.41 Å². The van der Waals surface area contributed by atoms with E-state index in [1.807, 2.05) is 6.07 Å². The van der Waals surface area contributed by atoms with E-state index in [9.17, 15) is 5.11 Å². The molecule has 1 aliphatic carbocycles. The van der Waals surface area contributed by atoms with Crippen LogP contribution in [0.25, 0.3) is 0 Å². The van der Waals surface area contributed by atoms with Gasteiger partial charge in [-0.05, 0) is 50.3 Å². The SMILES string of the molecule is CN(Cc1ccc(O)cn1)C1CCC(C)(C)CC1. The summed E-state index contributed by atoms with van der Waals surface area (Å²) in [6.07, 6.45) is 6.70. The Morgan fingerprint density at radius 2 is 2.00 bits per heavy atom. The lowest BCUT2D eigenvalue weighted by Gasteiger charge is -2.38. The van der Waals surface area contributed by atoms with Crippen molar-refractivity contribution >= 4 is 0 Å². The molecule has 1 saturated carbocycles. The van der Waals surface area contributed by atoms with Crippen molar-refractivity contribution in [1.29, 1.82) is 0 Å². The van der Waals surface area contributed by atoms with Crippen molar-refractivity contribution in [3.63, 3.8) is 0 Å². The van der Waals surface area contributed by atoms with Crippen molar-refractivity contribution in [3.8, 4) is 5.75 Å². The minimum Gasteiger partial charge on any atom is -0.506 e. The summed E-state index contributed by atoms with van der Waals surface area (Å²) in [4.78, 5) is 6.65. The number of pyridine rings is 1. The van der Waals surface area contributed by atoms with Gasteiger partial charge in [-0.2, -0.15) is 0 Å². The van der Waals surface area contributed by atoms with Crippen LogP contribution in [0.5, 0.6) is 5.75 Å². The highest BCUT2D eigenvalue weighted by Crippen LogP contribution is 2.36. The highest BCUT2D eigenvalue weighted by molar-refractivity contribution is 5.17. The van der Waals surface area contributed by atoms with Gasteiger partial charge >= 0.3 is 0 Å². The van der Waals surface area contributed by atoms with Gasteiger partial charge in [-0.15, -0.1) is 0 Å². The van der Waals surface area contributed by atoms with Gasteiger partial charge < -0.3 is 5.11 Å². The van der Waals surface area contributed by atoms with Crippen molar-refractivity contribution < 1.29 is 5.11 Å². The minimum atomic E-state index is 0.237. The predicted octanol–water partition coefficient (Wildman–Crippen LogP) is 3.19. The summed E-state index contributed by atoms with van der Waals surface area (Å²) >= 11 is 0. The first-order valence-corrected chi connectivity index (χ1v) is 6.80. The molecule has 1 heterocycles. The van der Waals surface area contributed by atoms with Crippen LogP contribution in [0.3, 0.4) is 0 Å². The Bertz CT molecular complexity index is 376. The number of hydrogen-bond acceptors (Lipinski definition) is 3. The number of rotatable bonds is 3. The topological polar surface area (TPSA) is 36.4 Å². The number of aromatic hydroxyl groups is 1. The van der Waals surface area contributed by atoms with Crippen molar-refractivity contribution in [1.82, 2.24) is 9.88 Å². The fourth-order valence-electron chi connectivity index (χ4n) is 2.72. The molecule has 0 aliphatic heterocycles. The molecule has 3 heteroatoms. The van der Waals surface area contributed by atoms with Gasteiger partial charge in [0.25, 0.3) is 0 Å². The molecule has 1 aliphatic rings. The molecular formula is C15H24N2O. The van der Waals surface area contributed by atoms with Crippen molar-refractivity contribution in [2.24, 2.45) is 5.41 Å². The molecule has 0 amide bonds. The van der Waals surface area contributed by atoms with E-state index in [-0.39, 0.29) is 5.75 Å². The number of aromatic nitrogens is 1. The Morgan fingerprint density at radius 1 is 1.33 bits per heavy atom. The first-order chi connectivity index (χ1) is 8.46. The third-order valence-corrected chi connectivity index (χ3v) is 4.15. The van der Waals surface area contributed by atoms with E-state index in [1.165, 1.54) is 31.9 Å². The molecule has 0 radical (unpaired) electrons. The first kappa shape index (κ1) is 13.3. The van der Waals surface area contributed by atoms with E-state index in [2.05, 4.69) is 30.8 Å². The smallest absolute Gasteiger partial charge is 0.133 e. The average Bonchev–Trinajstić information content (AvgIpc) is 2.32. The van der Waals surface area contributed by atoms with Crippen LogP contribution < -0.4 is 0 Å². The highest BCUT2D eigenvalue weighted by atomic mass is 16.3. The molecule has 18 heavy (non-hydrogen) atoms. The lowest BCUT2D eigenvalue weighted by Crippen LogP contribution is -2.36. The van der Waals surface area contributed by atoms with Crippen molar-refractivity contribution in [2.45, 2.75) is 52.1 Å². The molecule has 0 atom stereocenters. The molecule has 1 fully saturated rings. The summed E-state index contributed by atoms with van der Waals surface area (Å²) in [6.45, 7) is 5.60. The van der Waals surface area contributed by atoms with E-state index in [0.717, 1.165) is 12.2 Å². The maximum Gasteiger partial charge on any atom is 0.133 e. The van der Waals surface area contributed by atoms with Crippen LogP contribution in [-0.2, 0) is 6.54 Å². The second-order valence-electron chi connectivity index (χ2n) is 6.32. The molecule has 1 aromatic heterocycles. The van der Waals surface area contributed by atoms with Gasteiger partial charge in [0.15, 0.2) is 0 Å².